The van der Waals surface area contributed by atoms with Gasteiger partial charge in [0.1, 0.15) is 0 Å². The summed E-state index contributed by atoms with van der Waals surface area (Å²) in [5, 5.41) is 0. The second kappa shape index (κ2) is 1950. The highest BCUT2D eigenvalue weighted by atomic mass is 35.5. The van der Waals surface area contributed by atoms with Crippen molar-refractivity contribution < 1.29 is 14.1 Å². The van der Waals surface area contributed by atoms with Gasteiger partial charge in [0.05, 0.1) is 8.41 Å². The van der Waals surface area contributed by atoms with E-state index in [1.165, 1.54) is 0 Å². The van der Waals surface area contributed by atoms with E-state index in [1.54, 1.807) is 0 Å². The van der Waals surface area contributed by atoms with Crippen LogP contribution in [0.5, 0.6) is 0 Å². The van der Waals surface area contributed by atoms with Crippen molar-refractivity contribution in [1.82, 2.24) is 0 Å². The van der Waals surface area contributed by atoms with Crippen molar-refractivity contribution in [1.29, 1.82) is 0 Å². The third kappa shape index (κ3) is 908. The van der Waals surface area contributed by atoms with Crippen LogP contribution in [0.1, 0.15) is 0 Å². The van der Waals surface area contributed by atoms with E-state index in [-0.39, 0.29) is 34.9 Å². The van der Waals surface area contributed by atoms with E-state index in [1.807, 2.05) is 0 Å². The molecular weight excluding hydrogens is 103 g/mol. The molecule has 0 unspecified atom stereocenters. The zero-order valence-corrected chi connectivity index (χ0v) is 2.45. The molecule has 0 aliphatic carbocycles. The monoisotopic (exact) mass is 110 g/mol. The van der Waals surface area contributed by atoms with Gasteiger partial charge in [0, 0.05) is 0 Å². The summed E-state index contributed by atoms with van der Waals surface area (Å²) in [5.74, 6) is 0. The molecule has 0 aliphatic rings. The molecule has 5 heavy (non-hydrogen) atoms. The van der Waals surface area contributed by atoms with Crippen molar-refractivity contribution in [3.8, 4) is 0 Å². The first-order valence-electron chi connectivity index (χ1n) is 0. The maximum absolute atomic E-state index is 0. The van der Waals surface area contributed by atoms with Gasteiger partial charge in [-0.05, 0) is 0 Å². The fourth-order valence-electron chi connectivity index (χ4n) is 0. The van der Waals surface area contributed by atoms with Crippen LogP contribution in [0.15, 0.2) is 0 Å². The van der Waals surface area contributed by atoms with E-state index in [4.69, 9.17) is 0 Å². The SMILES string of the molecule is B.Cl.F.F.F. The highest BCUT2D eigenvalue weighted by molar-refractivity contribution is 5.85. The first kappa shape index (κ1) is 4210. The van der Waals surface area contributed by atoms with Crippen LogP contribution in [0.25, 0.3) is 0 Å². The number of hydrogen-bond donors (Lipinski definition) is 0. The van der Waals surface area contributed by atoms with E-state index in [0.29, 0.717) is 0 Å². The predicted octanol–water partition coefficient (Wildman–Crippen LogP) is -0.305. The maximum Gasteiger partial charge on any atom is 0.0814 e. The first-order valence-corrected chi connectivity index (χ1v) is 0. The fraction of sp³-hybridized carbons (Fsp3) is 0. The molecule has 0 saturated carbocycles. The zero-order valence-electron chi connectivity index (χ0n) is 1.63. The van der Waals surface area contributed by atoms with E-state index in [0.717, 1.165) is 0 Å². The van der Waals surface area contributed by atoms with Gasteiger partial charge >= 0.3 is 0 Å². The molecular formula is H7BClF3. The molecule has 0 bridgehead atoms. The van der Waals surface area contributed by atoms with Crippen LogP contribution in [0.4, 0.5) is 14.1 Å². The summed E-state index contributed by atoms with van der Waals surface area (Å²) in [4.78, 5) is 0. The van der Waals surface area contributed by atoms with Crippen LogP contribution in [-0.2, 0) is 0 Å². The standard InChI is InChI=1S/BH3.ClH.3FH/h1H3;4*1H. The second-order valence-electron chi connectivity index (χ2n) is 0. The summed E-state index contributed by atoms with van der Waals surface area (Å²) in [6.45, 7) is 0. The van der Waals surface area contributed by atoms with Gasteiger partial charge in [0.15, 0.2) is 0 Å². The molecule has 38 valence electrons. The smallest absolute Gasteiger partial charge is 0.0814 e. The minimum absolute atomic E-state index is 0. The van der Waals surface area contributed by atoms with Crippen LogP contribution in [0, 0.1) is 0 Å². The topological polar surface area (TPSA) is 0 Å². The Labute approximate surface area is 36.0 Å². The van der Waals surface area contributed by atoms with Crippen LogP contribution in [0.2, 0.25) is 0 Å². The lowest BCUT2D eigenvalue weighted by atomic mass is 10.8. The number of halogens is 4. The zero-order chi connectivity index (χ0) is 0. The van der Waals surface area contributed by atoms with Crippen molar-refractivity contribution >= 4 is 20.8 Å². The molecule has 0 atom stereocenters. The van der Waals surface area contributed by atoms with Crippen molar-refractivity contribution in [2.75, 3.05) is 0 Å². The van der Waals surface area contributed by atoms with Crippen LogP contribution < -0.4 is 0 Å². The van der Waals surface area contributed by atoms with Gasteiger partial charge in [-0.15, -0.1) is 12.4 Å². The predicted molar refractivity (Wildman–Crippen MR) is 24.7 cm³/mol. The Morgan fingerprint density at radius 2 is 0.600 bits per heavy atom. The Morgan fingerprint density at radius 1 is 0.600 bits per heavy atom. The van der Waals surface area contributed by atoms with Crippen LogP contribution in [-0.4, -0.2) is 8.41 Å². The Bertz CT molecular complexity index is 6.85. The largest absolute Gasteiger partial charge is 0.269 e. The molecule has 0 spiro atoms. The normalized spacial score (nSPS) is 0. The summed E-state index contributed by atoms with van der Waals surface area (Å²) in [7, 11) is 0. The van der Waals surface area contributed by atoms with Crippen LogP contribution >= 0.6 is 12.4 Å². The van der Waals surface area contributed by atoms with Crippen molar-refractivity contribution in [3.05, 3.63) is 0 Å². The average molecular weight is 110 g/mol. The molecule has 0 rings (SSSR count). The molecule has 0 aromatic carbocycles. The van der Waals surface area contributed by atoms with E-state index in [2.05, 4.69) is 0 Å². The summed E-state index contributed by atoms with van der Waals surface area (Å²) in [5.41, 5.74) is 0. The van der Waals surface area contributed by atoms with E-state index >= 15 is 0 Å². The first-order chi connectivity index (χ1) is 0. The molecule has 0 N–H and O–H groups in total. The molecule has 0 fully saturated rings. The molecule has 0 nitrogen and oxygen atoms in total. The summed E-state index contributed by atoms with van der Waals surface area (Å²) in [6.07, 6.45) is 0. The third-order valence-electron chi connectivity index (χ3n) is 0. The molecule has 0 heterocycles. The van der Waals surface area contributed by atoms with Gasteiger partial charge in [0.25, 0.3) is 0 Å². The molecule has 0 saturated heterocycles. The van der Waals surface area contributed by atoms with Gasteiger partial charge in [-0.2, -0.15) is 0 Å². The van der Waals surface area contributed by atoms with E-state index < -0.39 is 0 Å². The Balaban J connectivity index is 0. The van der Waals surface area contributed by atoms with Crippen molar-refractivity contribution in [2.24, 2.45) is 0 Å². The molecule has 0 aromatic heterocycles. The summed E-state index contributed by atoms with van der Waals surface area (Å²) in [6, 6.07) is 0. The molecule has 0 aliphatic heterocycles. The fourth-order valence-corrected chi connectivity index (χ4v) is 0. The second-order valence-corrected chi connectivity index (χ2v) is 0. The lowest BCUT2D eigenvalue weighted by Crippen LogP contribution is -0.381. The Hall–Kier alpha value is 0.145. The van der Waals surface area contributed by atoms with Gasteiger partial charge in [-0.25, -0.2) is 0 Å². The lowest BCUT2D eigenvalue weighted by molar-refractivity contribution is 1.11. The Kier molecular flexibility index (Phi) is 1640000. The number of rotatable bonds is 0. The molecule has 0 amide bonds. The lowest BCUT2D eigenvalue weighted by Gasteiger charge is -0.270. The maximum atomic E-state index is 0. The molecule has 0 aromatic rings. The van der Waals surface area contributed by atoms with Gasteiger partial charge in [-0.3, -0.25) is 14.1 Å². The van der Waals surface area contributed by atoms with Crippen molar-refractivity contribution in [2.45, 2.75) is 0 Å². The summed E-state index contributed by atoms with van der Waals surface area (Å²) < 4.78 is 0. The van der Waals surface area contributed by atoms with Gasteiger partial charge in [-0.1, -0.05) is 0 Å². The minimum atomic E-state index is 0. The van der Waals surface area contributed by atoms with E-state index in [9.17, 15) is 0 Å². The third-order valence-corrected chi connectivity index (χ3v) is 0. The average Bonchev–Trinajstić information content (AvgIpc) is 0. The summed E-state index contributed by atoms with van der Waals surface area (Å²) >= 11 is 0. The Morgan fingerprint density at radius 3 is 0.600 bits per heavy atom. The highest BCUT2D eigenvalue weighted by Gasteiger charge is 0.0814. The van der Waals surface area contributed by atoms with Crippen LogP contribution in [0.3, 0.4) is 0 Å². The molecule has 5 heteroatoms. The quantitative estimate of drug-likeness (QED) is 0.376. The van der Waals surface area contributed by atoms with Crippen molar-refractivity contribution in [3.63, 3.8) is 0 Å². The van der Waals surface area contributed by atoms with Gasteiger partial charge in [0.2, 0.25) is 0 Å². The highest BCUT2D eigenvalue weighted by Crippen LogP contribution is 0.690. The minimum Gasteiger partial charge on any atom is -0.269 e. The molecule has 0 radical (unpaired) electrons. The number of hydrogen-bond acceptors (Lipinski definition) is 0. The van der Waals surface area contributed by atoms with Gasteiger partial charge < -0.3 is 0 Å².